The van der Waals surface area contributed by atoms with Gasteiger partial charge in [-0.25, -0.2) is 0 Å². The Morgan fingerprint density at radius 2 is 2.11 bits per heavy atom. The first-order valence-corrected chi connectivity index (χ1v) is 7.60. The molecule has 1 aliphatic heterocycles. The van der Waals surface area contributed by atoms with Gasteiger partial charge in [-0.2, -0.15) is 0 Å². The fourth-order valence-electron chi connectivity index (χ4n) is 2.59. The van der Waals surface area contributed by atoms with E-state index in [9.17, 15) is 5.11 Å². The molecular weight excluding hydrogens is 304 g/mol. The van der Waals surface area contributed by atoms with Crippen molar-refractivity contribution < 1.29 is 9.84 Å². The Balaban J connectivity index is 2.34. The second-order valence-corrected chi connectivity index (χ2v) is 6.12. The molecule has 0 bridgehead atoms. The van der Waals surface area contributed by atoms with Crippen molar-refractivity contribution in [3.05, 3.63) is 46.5 Å². The summed E-state index contributed by atoms with van der Waals surface area (Å²) in [5.74, 6) is 0.538. The Bertz CT molecular complexity index is 438. The predicted octanol–water partition coefficient (Wildman–Crippen LogP) is 4.20. The van der Waals surface area contributed by atoms with Crippen LogP contribution in [0.4, 0.5) is 0 Å². The zero-order chi connectivity index (χ0) is 13.8. The van der Waals surface area contributed by atoms with Crippen LogP contribution in [0.3, 0.4) is 0 Å². The van der Waals surface area contributed by atoms with Gasteiger partial charge in [0.15, 0.2) is 0 Å². The van der Waals surface area contributed by atoms with Crippen molar-refractivity contribution in [2.24, 2.45) is 5.92 Å². The molecule has 0 aliphatic carbocycles. The van der Waals surface area contributed by atoms with Gasteiger partial charge in [0.2, 0.25) is 0 Å². The number of rotatable bonds is 4. The number of aliphatic hydroxyl groups is 1. The van der Waals surface area contributed by atoms with Crippen LogP contribution in [0.2, 0.25) is 0 Å². The van der Waals surface area contributed by atoms with E-state index in [4.69, 9.17) is 4.74 Å². The Kier molecular flexibility index (Phi) is 5.20. The van der Waals surface area contributed by atoms with Crippen molar-refractivity contribution >= 4 is 15.9 Å². The van der Waals surface area contributed by atoms with Gasteiger partial charge < -0.3 is 9.84 Å². The van der Waals surface area contributed by atoms with Gasteiger partial charge in [-0.05, 0) is 42.0 Å². The van der Waals surface area contributed by atoms with Crippen LogP contribution in [0.1, 0.15) is 42.9 Å². The zero-order valence-electron chi connectivity index (χ0n) is 11.3. The molecule has 1 fully saturated rings. The van der Waals surface area contributed by atoms with E-state index in [0.717, 1.165) is 36.1 Å². The average Bonchev–Trinajstić information content (AvgIpc) is 2.46. The molecule has 0 amide bonds. The lowest BCUT2D eigenvalue weighted by molar-refractivity contribution is 0.0834. The smallest absolute Gasteiger partial charge is 0.0852 e. The van der Waals surface area contributed by atoms with Crippen molar-refractivity contribution in [3.63, 3.8) is 0 Å². The number of benzene rings is 1. The molecule has 3 heteroatoms. The Labute approximate surface area is 123 Å². The van der Waals surface area contributed by atoms with Crippen molar-refractivity contribution in [2.75, 3.05) is 13.2 Å². The van der Waals surface area contributed by atoms with Crippen LogP contribution in [0.15, 0.2) is 35.3 Å². The summed E-state index contributed by atoms with van der Waals surface area (Å²) in [5, 5.41) is 10.5. The highest BCUT2D eigenvalue weighted by molar-refractivity contribution is 9.10. The lowest BCUT2D eigenvalue weighted by Gasteiger charge is -2.27. The van der Waals surface area contributed by atoms with Crippen molar-refractivity contribution in [1.29, 1.82) is 0 Å². The zero-order valence-corrected chi connectivity index (χ0v) is 12.9. The summed E-state index contributed by atoms with van der Waals surface area (Å²) in [6, 6.07) is 6.23. The number of hydrogen-bond donors (Lipinski definition) is 1. The quantitative estimate of drug-likeness (QED) is 0.841. The minimum Gasteiger partial charge on any atom is -0.388 e. The third-order valence-corrected chi connectivity index (χ3v) is 4.39. The van der Waals surface area contributed by atoms with Gasteiger partial charge in [-0.1, -0.05) is 35.0 Å². The van der Waals surface area contributed by atoms with Gasteiger partial charge in [-0.3, -0.25) is 0 Å². The summed E-state index contributed by atoms with van der Waals surface area (Å²) in [7, 11) is 0. The first-order valence-electron chi connectivity index (χ1n) is 6.81. The molecule has 2 atom stereocenters. The molecule has 1 aromatic carbocycles. The Morgan fingerprint density at radius 3 is 2.74 bits per heavy atom. The molecule has 2 nitrogen and oxygen atoms in total. The largest absolute Gasteiger partial charge is 0.388 e. The molecule has 2 rings (SSSR count). The van der Waals surface area contributed by atoms with Crippen LogP contribution in [-0.2, 0) is 4.74 Å². The monoisotopic (exact) mass is 324 g/mol. The van der Waals surface area contributed by atoms with Crippen LogP contribution < -0.4 is 0 Å². The lowest BCUT2D eigenvalue weighted by atomic mass is 9.84. The summed E-state index contributed by atoms with van der Waals surface area (Å²) in [6.45, 7) is 7.40. The number of aliphatic hydroxyl groups excluding tert-OH is 1. The Morgan fingerprint density at radius 1 is 1.42 bits per heavy atom. The van der Waals surface area contributed by atoms with Crippen LogP contribution in [0.5, 0.6) is 0 Å². The minimum atomic E-state index is -0.493. The standard InChI is InChI=1S/C16H21BrO2/c1-3-11(2)16(18)15-10-13(17)4-5-14(15)12-6-8-19-9-7-12/h3-5,10-12,16,18H,1,6-9H2,2H3. The second-order valence-electron chi connectivity index (χ2n) is 5.20. The average molecular weight is 325 g/mol. The van der Waals surface area contributed by atoms with Gasteiger partial charge >= 0.3 is 0 Å². The van der Waals surface area contributed by atoms with E-state index in [0.29, 0.717) is 5.92 Å². The summed E-state index contributed by atoms with van der Waals surface area (Å²) in [5.41, 5.74) is 2.28. The molecule has 0 aromatic heterocycles. The van der Waals surface area contributed by atoms with Gasteiger partial charge in [0, 0.05) is 23.6 Å². The number of hydrogen-bond acceptors (Lipinski definition) is 2. The summed E-state index contributed by atoms with van der Waals surface area (Å²) < 4.78 is 6.43. The van der Waals surface area contributed by atoms with E-state index >= 15 is 0 Å². The summed E-state index contributed by atoms with van der Waals surface area (Å²) in [4.78, 5) is 0. The Hall–Kier alpha value is -0.640. The van der Waals surface area contributed by atoms with Crippen LogP contribution in [-0.4, -0.2) is 18.3 Å². The van der Waals surface area contributed by atoms with Gasteiger partial charge in [0.25, 0.3) is 0 Å². The normalized spacial score (nSPS) is 19.9. The highest BCUT2D eigenvalue weighted by atomic mass is 79.9. The summed E-state index contributed by atoms with van der Waals surface area (Å²) in [6.07, 6.45) is 3.38. The molecule has 0 saturated carbocycles. The summed E-state index contributed by atoms with van der Waals surface area (Å²) >= 11 is 3.50. The maximum absolute atomic E-state index is 10.5. The van der Waals surface area contributed by atoms with E-state index in [2.05, 4.69) is 34.6 Å². The van der Waals surface area contributed by atoms with E-state index in [1.54, 1.807) is 6.08 Å². The highest BCUT2D eigenvalue weighted by Gasteiger charge is 2.23. The van der Waals surface area contributed by atoms with Gasteiger partial charge in [0.1, 0.15) is 0 Å². The molecule has 104 valence electrons. The van der Waals surface area contributed by atoms with Gasteiger partial charge in [0.05, 0.1) is 6.10 Å². The lowest BCUT2D eigenvalue weighted by Crippen LogP contribution is -2.18. The molecule has 0 radical (unpaired) electrons. The number of ether oxygens (including phenoxy) is 1. The van der Waals surface area contributed by atoms with Gasteiger partial charge in [-0.15, -0.1) is 6.58 Å². The molecular formula is C16H21BrO2. The van der Waals surface area contributed by atoms with E-state index < -0.39 is 6.10 Å². The molecule has 1 saturated heterocycles. The van der Waals surface area contributed by atoms with Crippen LogP contribution in [0.25, 0.3) is 0 Å². The second kappa shape index (κ2) is 6.69. The maximum atomic E-state index is 10.5. The topological polar surface area (TPSA) is 29.5 Å². The fraction of sp³-hybridized carbons (Fsp3) is 0.500. The molecule has 0 spiro atoms. The molecule has 1 aliphatic rings. The van der Waals surface area contributed by atoms with E-state index in [-0.39, 0.29) is 5.92 Å². The molecule has 1 aromatic rings. The predicted molar refractivity (Wildman–Crippen MR) is 81.3 cm³/mol. The van der Waals surface area contributed by atoms with Crippen LogP contribution >= 0.6 is 15.9 Å². The SMILES string of the molecule is C=CC(C)C(O)c1cc(Br)ccc1C1CCOCC1. The first kappa shape index (κ1) is 14.8. The van der Waals surface area contributed by atoms with Crippen molar-refractivity contribution in [1.82, 2.24) is 0 Å². The van der Waals surface area contributed by atoms with Crippen LogP contribution in [0, 0.1) is 5.92 Å². The fourth-order valence-corrected chi connectivity index (χ4v) is 2.97. The molecule has 1 heterocycles. The van der Waals surface area contributed by atoms with Crippen molar-refractivity contribution in [3.8, 4) is 0 Å². The van der Waals surface area contributed by atoms with Crippen molar-refractivity contribution in [2.45, 2.75) is 31.8 Å². The maximum Gasteiger partial charge on any atom is 0.0852 e. The van der Waals surface area contributed by atoms with E-state index in [1.807, 2.05) is 13.0 Å². The highest BCUT2D eigenvalue weighted by Crippen LogP contribution is 2.36. The minimum absolute atomic E-state index is 0.0490. The molecule has 19 heavy (non-hydrogen) atoms. The first-order chi connectivity index (χ1) is 9.13. The molecule has 2 unspecified atom stereocenters. The van der Waals surface area contributed by atoms with E-state index in [1.165, 1.54) is 5.56 Å². The third-order valence-electron chi connectivity index (χ3n) is 3.90. The molecule has 1 N–H and O–H groups in total. The third kappa shape index (κ3) is 3.47. The number of halogens is 1.